The Morgan fingerprint density at radius 1 is 0.977 bits per heavy atom. The van der Waals surface area contributed by atoms with E-state index in [-0.39, 0.29) is 22.5 Å². The number of aliphatic hydroxyl groups excluding tert-OH is 4. The highest BCUT2D eigenvalue weighted by Gasteiger charge is 2.50. The summed E-state index contributed by atoms with van der Waals surface area (Å²) in [6.07, 6.45) is -6.85. The lowest BCUT2D eigenvalue weighted by Gasteiger charge is -2.20. The minimum Gasteiger partial charge on any atom is -0.387 e. The molecule has 240 valence electrons. The molecule has 3 aromatic heterocycles. The Bertz CT molecular complexity index is 1630. The Hall–Kier alpha value is -3.01. The number of nitrogen functional groups attached to an aromatic ring is 1. The molecule has 44 heavy (non-hydrogen) atoms. The first-order valence-corrected chi connectivity index (χ1v) is 15.6. The summed E-state index contributed by atoms with van der Waals surface area (Å²) >= 11 is 0. The van der Waals surface area contributed by atoms with Gasteiger partial charge in [0.15, 0.2) is 36.2 Å². The molecule has 2 fully saturated rings. The average molecular weight is 664 g/mol. The van der Waals surface area contributed by atoms with Crippen LogP contribution >= 0.6 is 15.6 Å². The van der Waals surface area contributed by atoms with Crippen molar-refractivity contribution >= 4 is 38.5 Å². The maximum Gasteiger partial charge on any atom is 0.481 e. The van der Waals surface area contributed by atoms with E-state index in [1.807, 2.05) is 0 Å². The number of aromatic nitrogens is 5. The van der Waals surface area contributed by atoms with E-state index in [9.17, 15) is 44.1 Å². The van der Waals surface area contributed by atoms with Crippen molar-refractivity contribution in [1.82, 2.24) is 19.5 Å². The number of nitrogens with two attached hydrogens (primary N) is 2. The fraction of sp³-hybridized carbons (Fsp3) is 0.476. The van der Waals surface area contributed by atoms with Crippen molar-refractivity contribution in [3.63, 3.8) is 0 Å². The largest absolute Gasteiger partial charge is 0.481 e. The molecule has 0 saturated carbocycles. The van der Waals surface area contributed by atoms with Gasteiger partial charge in [-0.25, -0.2) is 24.1 Å². The van der Waals surface area contributed by atoms with E-state index in [2.05, 4.69) is 23.8 Å². The maximum absolute atomic E-state index is 12.4. The number of anilines is 1. The second-order valence-corrected chi connectivity index (χ2v) is 12.7. The first kappa shape index (κ1) is 32.4. The van der Waals surface area contributed by atoms with Crippen LogP contribution in [-0.2, 0) is 32.0 Å². The zero-order valence-corrected chi connectivity index (χ0v) is 24.0. The van der Waals surface area contributed by atoms with Crippen molar-refractivity contribution in [3.05, 3.63) is 42.7 Å². The van der Waals surface area contributed by atoms with Gasteiger partial charge < -0.3 is 51.2 Å². The maximum atomic E-state index is 12.4. The zero-order chi connectivity index (χ0) is 32.0. The second kappa shape index (κ2) is 12.4. The molecule has 1 amide bonds. The summed E-state index contributed by atoms with van der Waals surface area (Å²) in [6.45, 7) is -1.80. The minimum absolute atomic E-state index is 0.0505. The molecular formula is C21H28N7O14P2+. The summed E-state index contributed by atoms with van der Waals surface area (Å²) in [5, 5.41) is 41.6. The van der Waals surface area contributed by atoms with Gasteiger partial charge in [-0.15, -0.1) is 0 Å². The lowest BCUT2D eigenvalue weighted by Crippen LogP contribution is -2.46. The molecule has 2 saturated heterocycles. The molecule has 21 nitrogen and oxygen atoms in total. The molecular weight excluding hydrogens is 636 g/mol. The van der Waals surface area contributed by atoms with Gasteiger partial charge in [0.05, 0.1) is 19.5 Å². The van der Waals surface area contributed by atoms with Gasteiger partial charge in [-0.1, -0.05) is 0 Å². The molecule has 10 N–H and O–H groups in total. The first-order chi connectivity index (χ1) is 20.7. The number of hydrogen-bond acceptors (Lipinski definition) is 16. The molecule has 2 aliphatic heterocycles. The van der Waals surface area contributed by atoms with Crippen LogP contribution in [-0.4, -0.2) is 105 Å². The summed E-state index contributed by atoms with van der Waals surface area (Å²) in [6, 6.07) is 2.83. The number of ether oxygens (including phenoxy) is 2. The van der Waals surface area contributed by atoms with Crippen molar-refractivity contribution in [3.8, 4) is 0 Å². The predicted molar refractivity (Wildman–Crippen MR) is 139 cm³/mol. The second-order valence-electron chi connectivity index (χ2n) is 9.69. The van der Waals surface area contributed by atoms with Gasteiger partial charge in [0.25, 0.3) is 12.1 Å². The number of pyridine rings is 1. The SMILES string of the molecule is NC(=O)c1ccc[n+]([C@H]2O[C@H](COP(=O)(O)OP(=O)(O)OC[C@@H]3O[C@H](n4cnc5c(N)ncnc54)[C@@H](O)[C@H]3O)[C@H](O)[C@H]2O)c1. The van der Waals surface area contributed by atoms with E-state index >= 15 is 0 Å². The van der Waals surface area contributed by atoms with Crippen molar-refractivity contribution in [2.75, 3.05) is 18.9 Å². The van der Waals surface area contributed by atoms with Crippen molar-refractivity contribution < 1.29 is 71.5 Å². The van der Waals surface area contributed by atoms with Crippen LogP contribution in [0.15, 0.2) is 37.2 Å². The summed E-state index contributed by atoms with van der Waals surface area (Å²) in [4.78, 5) is 43.3. The van der Waals surface area contributed by atoms with Gasteiger partial charge in [-0.3, -0.25) is 18.4 Å². The van der Waals surface area contributed by atoms with Gasteiger partial charge in [0, 0.05) is 6.07 Å². The highest BCUT2D eigenvalue weighted by Crippen LogP contribution is 2.60. The van der Waals surface area contributed by atoms with E-state index < -0.39 is 83.8 Å². The van der Waals surface area contributed by atoms with Crippen LogP contribution in [0.5, 0.6) is 0 Å². The van der Waals surface area contributed by atoms with Crippen LogP contribution < -0.4 is 16.0 Å². The number of primary amides is 1. The summed E-state index contributed by atoms with van der Waals surface area (Å²) < 4.78 is 52.0. The molecule has 5 heterocycles. The fourth-order valence-electron chi connectivity index (χ4n) is 4.58. The zero-order valence-electron chi connectivity index (χ0n) is 22.2. The first-order valence-electron chi connectivity index (χ1n) is 12.6. The average Bonchev–Trinajstić information content (AvgIpc) is 3.61. The highest BCUT2D eigenvalue weighted by molar-refractivity contribution is 7.61. The molecule has 2 aliphatic rings. The number of hydrogen-bond donors (Lipinski definition) is 8. The molecule has 10 atom stereocenters. The van der Waals surface area contributed by atoms with Gasteiger partial charge in [-0.05, 0) is 6.07 Å². The quantitative estimate of drug-likeness (QED) is 0.0747. The minimum atomic E-state index is -5.37. The van der Waals surface area contributed by atoms with Gasteiger partial charge >= 0.3 is 15.6 Å². The van der Waals surface area contributed by atoms with Crippen LogP contribution in [0, 0.1) is 0 Å². The number of phosphoric ester groups is 2. The van der Waals surface area contributed by atoms with E-state index in [1.165, 1.54) is 40.0 Å². The number of amides is 1. The molecule has 2 unspecified atom stereocenters. The van der Waals surface area contributed by atoms with Crippen molar-refractivity contribution in [1.29, 1.82) is 0 Å². The molecule has 5 rings (SSSR count). The Kier molecular flexibility index (Phi) is 9.13. The van der Waals surface area contributed by atoms with Crippen LogP contribution in [0.1, 0.15) is 22.8 Å². The Balaban J connectivity index is 1.16. The summed E-state index contributed by atoms with van der Waals surface area (Å²) in [5.41, 5.74) is 11.4. The summed E-state index contributed by atoms with van der Waals surface area (Å²) in [5.74, 6) is -0.714. The molecule has 0 bridgehead atoms. The van der Waals surface area contributed by atoms with Gasteiger partial charge in [-0.2, -0.15) is 8.88 Å². The number of fused-ring (bicyclic) bond motifs is 1. The lowest BCUT2D eigenvalue weighted by molar-refractivity contribution is -0.765. The molecule has 23 heteroatoms. The number of aliphatic hydroxyl groups is 4. The summed E-state index contributed by atoms with van der Waals surface area (Å²) in [7, 11) is -10.7. The van der Waals surface area contributed by atoms with Crippen LogP contribution in [0.4, 0.5) is 5.82 Å². The monoisotopic (exact) mass is 664 g/mol. The topological polar surface area (TPSA) is 318 Å². The normalized spacial score (nSPS) is 31.6. The van der Waals surface area contributed by atoms with Gasteiger partial charge in [0.2, 0.25) is 0 Å². The number of carbonyl (C=O) groups is 1. The molecule has 0 spiro atoms. The van der Waals surface area contributed by atoms with E-state index in [4.69, 9.17) is 25.5 Å². The third-order valence-electron chi connectivity index (χ3n) is 6.75. The molecule has 0 radical (unpaired) electrons. The number of imidazole rings is 1. The Morgan fingerprint density at radius 3 is 2.27 bits per heavy atom. The van der Waals surface area contributed by atoms with Crippen LogP contribution in [0.2, 0.25) is 0 Å². The third-order valence-corrected chi connectivity index (χ3v) is 9.35. The fourth-order valence-corrected chi connectivity index (χ4v) is 6.67. The number of carbonyl (C=O) groups excluding carboxylic acids is 1. The van der Waals surface area contributed by atoms with E-state index in [1.54, 1.807) is 0 Å². The molecule has 0 aliphatic carbocycles. The van der Waals surface area contributed by atoms with Gasteiger partial charge in [0.1, 0.15) is 47.9 Å². The predicted octanol–water partition coefficient (Wildman–Crippen LogP) is -3.02. The van der Waals surface area contributed by atoms with Crippen molar-refractivity contribution in [2.45, 2.75) is 49.1 Å². The number of phosphoric acid groups is 2. The standard InChI is InChI=1S/C21H27N7O14P2/c22-17-12-19(25-7-24-17)28(8-26-12)21-16(32)14(30)11(41-21)6-39-44(36,37)42-43(34,35)38-5-10-13(29)15(31)20(40-10)27-3-1-2-9(4-27)18(23)33/h1-4,7-8,10-11,13-16,20-21,29-32H,5-6H2,(H5-,22,23,24,25,33,34,35,36,37)/p+1/t10-,11+,13+,14+,15-,16+,20+,21+/m1/s1. The lowest BCUT2D eigenvalue weighted by atomic mass is 10.1. The van der Waals surface area contributed by atoms with Crippen molar-refractivity contribution in [2.24, 2.45) is 5.73 Å². The molecule has 3 aromatic rings. The smallest absolute Gasteiger partial charge is 0.387 e. The number of nitrogens with zero attached hydrogens (tertiary/aromatic N) is 5. The number of rotatable bonds is 11. The third kappa shape index (κ3) is 6.65. The highest BCUT2D eigenvalue weighted by atomic mass is 31.3. The Morgan fingerprint density at radius 2 is 1.61 bits per heavy atom. The van der Waals surface area contributed by atoms with Crippen LogP contribution in [0.3, 0.4) is 0 Å². The van der Waals surface area contributed by atoms with E-state index in [0.717, 1.165) is 6.33 Å². The molecule has 0 aromatic carbocycles. The van der Waals surface area contributed by atoms with E-state index in [0.29, 0.717) is 0 Å². The van der Waals surface area contributed by atoms with Crippen LogP contribution in [0.25, 0.3) is 11.2 Å². The Labute approximate surface area is 246 Å².